The van der Waals surface area contributed by atoms with E-state index in [1.165, 1.54) is 30.7 Å². The molecule has 0 radical (unpaired) electrons. The molecule has 0 atom stereocenters. The van der Waals surface area contributed by atoms with Gasteiger partial charge in [0, 0.05) is 53.0 Å². The van der Waals surface area contributed by atoms with Gasteiger partial charge >= 0.3 is 0 Å². The van der Waals surface area contributed by atoms with Gasteiger partial charge in [-0.2, -0.15) is 0 Å². The average molecular weight is 379 g/mol. The molecule has 0 amide bonds. The molecule has 26 heavy (non-hydrogen) atoms. The zero-order valence-corrected chi connectivity index (χ0v) is 17.2. The van der Waals surface area contributed by atoms with Crippen molar-refractivity contribution in [3.05, 3.63) is 17.5 Å². The number of aliphatic imine (C=N–C) groups is 1. The van der Waals surface area contributed by atoms with Crippen LogP contribution in [0.15, 0.2) is 22.5 Å². The third kappa shape index (κ3) is 4.92. The minimum absolute atomic E-state index is 0.393. The molecule has 1 aromatic heterocycles. The summed E-state index contributed by atoms with van der Waals surface area (Å²) in [7, 11) is 1.91. The van der Waals surface area contributed by atoms with E-state index < -0.39 is 0 Å². The predicted molar refractivity (Wildman–Crippen MR) is 111 cm³/mol. The predicted octanol–water partition coefficient (Wildman–Crippen LogP) is 3.43. The fraction of sp³-hybridized carbons (Fsp3) is 0.750. The van der Waals surface area contributed by atoms with Gasteiger partial charge in [0.15, 0.2) is 5.96 Å². The van der Waals surface area contributed by atoms with Crippen molar-refractivity contribution < 1.29 is 4.74 Å². The summed E-state index contributed by atoms with van der Waals surface area (Å²) in [6, 6.07) is 4.35. The van der Waals surface area contributed by atoms with Crippen LogP contribution in [-0.2, 0) is 4.74 Å². The first-order valence-electron chi connectivity index (χ1n) is 10.1. The van der Waals surface area contributed by atoms with Crippen molar-refractivity contribution in [2.75, 3.05) is 57.9 Å². The van der Waals surface area contributed by atoms with Crippen molar-refractivity contribution in [1.82, 2.24) is 10.2 Å². The van der Waals surface area contributed by atoms with E-state index in [-0.39, 0.29) is 0 Å². The van der Waals surface area contributed by atoms with Gasteiger partial charge in [-0.25, -0.2) is 0 Å². The molecule has 3 rings (SSSR count). The number of hydrogen-bond donors (Lipinski definition) is 1. The van der Waals surface area contributed by atoms with Gasteiger partial charge < -0.3 is 19.9 Å². The highest BCUT2D eigenvalue weighted by atomic mass is 32.1. The van der Waals surface area contributed by atoms with Crippen LogP contribution < -0.4 is 10.2 Å². The first kappa shape index (κ1) is 19.5. The highest BCUT2D eigenvalue weighted by Gasteiger charge is 2.34. The van der Waals surface area contributed by atoms with Gasteiger partial charge in [-0.05, 0) is 49.1 Å². The van der Waals surface area contributed by atoms with Crippen molar-refractivity contribution in [3.63, 3.8) is 0 Å². The third-order valence-corrected chi connectivity index (χ3v) is 6.80. The molecule has 0 spiro atoms. The fourth-order valence-corrected chi connectivity index (χ4v) is 5.05. The van der Waals surface area contributed by atoms with Crippen molar-refractivity contribution in [1.29, 1.82) is 0 Å². The van der Waals surface area contributed by atoms with E-state index in [1.807, 2.05) is 18.4 Å². The molecule has 1 N–H and O–H groups in total. The molecule has 2 aliphatic rings. The summed E-state index contributed by atoms with van der Waals surface area (Å²) in [6.07, 6.45) is 6.50. The van der Waals surface area contributed by atoms with E-state index >= 15 is 0 Å². The maximum absolute atomic E-state index is 5.64. The highest BCUT2D eigenvalue weighted by Crippen LogP contribution is 2.40. The van der Waals surface area contributed by atoms with E-state index in [9.17, 15) is 0 Å². The Morgan fingerprint density at radius 1 is 1.27 bits per heavy atom. The van der Waals surface area contributed by atoms with Crippen LogP contribution in [-0.4, -0.2) is 63.8 Å². The molecular formula is C20H34N4OS. The SMILES string of the molecule is CCOCCC1(CNC(=NC)N2CCN(c3cccs3)CC2)CCCC1. The zero-order valence-electron chi connectivity index (χ0n) is 16.4. The lowest BCUT2D eigenvalue weighted by Crippen LogP contribution is -2.53. The number of thiophene rings is 1. The Morgan fingerprint density at radius 2 is 2.04 bits per heavy atom. The Morgan fingerprint density at radius 3 is 2.65 bits per heavy atom. The maximum Gasteiger partial charge on any atom is 0.193 e. The molecule has 1 saturated heterocycles. The summed E-state index contributed by atoms with van der Waals surface area (Å²) in [6.45, 7) is 9.01. The first-order chi connectivity index (χ1) is 12.8. The van der Waals surface area contributed by atoms with Crippen molar-refractivity contribution in [2.24, 2.45) is 10.4 Å². The van der Waals surface area contributed by atoms with Crippen LogP contribution in [0, 0.1) is 5.41 Å². The average Bonchev–Trinajstić information content (AvgIpc) is 3.36. The van der Waals surface area contributed by atoms with Gasteiger partial charge in [0.05, 0.1) is 5.00 Å². The Balaban J connectivity index is 1.50. The van der Waals surface area contributed by atoms with Gasteiger partial charge in [0.1, 0.15) is 0 Å². The van der Waals surface area contributed by atoms with Gasteiger partial charge in [0.2, 0.25) is 0 Å². The van der Waals surface area contributed by atoms with Gasteiger partial charge in [-0.15, -0.1) is 11.3 Å². The number of ether oxygens (including phenoxy) is 1. The molecular weight excluding hydrogens is 344 g/mol. The van der Waals surface area contributed by atoms with Crippen LogP contribution in [0.5, 0.6) is 0 Å². The monoisotopic (exact) mass is 378 g/mol. The second-order valence-electron chi connectivity index (χ2n) is 7.48. The fourth-order valence-electron chi connectivity index (χ4n) is 4.26. The Kier molecular flexibility index (Phi) is 7.20. The normalized spacial score (nSPS) is 20.6. The second-order valence-corrected chi connectivity index (χ2v) is 8.41. The lowest BCUT2D eigenvalue weighted by molar-refractivity contribution is 0.104. The van der Waals surface area contributed by atoms with E-state index in [4.69, 9.17) is 4.74 Å². The lowest BCUT2D eigenvalue weighted by Gasteiger charge is -2.38. The topological polar surface area (TPSA) is 40.1 Å². The molecule has 6 heteroatoms. The number of piperazine rings is 1. The smallest absolute Gasteiger partial charge is 0.193 e. The molecule has 0 unspecified atom stereocenters. The molecule has 0 bridgehead atoms. The molecule has 2 heterocycles. The van der Waals surface area contributed by atoms with Gasteiger partial charge in [0.25, 0.3) is 0 Å². The molecule has 5 nitrogen and oxygen atoms in total. The van der Waals surface area contributed by atoms with Gasteiger partial charge in [-0.3, -0.25) is 4.99 Å². The summed E-state index contributed by atoms with van der Waals surface area (Å²) in [5.41, 5.74) is 0.393. The Labute approximate surface area is 162 Å². The standard InChI is InChI=1S/C20H34N4OS/c1-3-25-15-10-20(8-4-5-9-20)17-22-19(21-2)24-13-11-23(12-14-24)18-7-6-16-26-18/h6-7,16H,3-5,8-15,17H2,1-2H3,(H,21,22). The van der Waals surface area contributed by atoms with Gasteiger partial charge in [-0.1, -0.05) is 12.8 Å². The first-order valence-corrected chi connectivity index (χ1v) is 11.0. The minimum atomic E-state index is 0.393. The van der Waals surface area contributed by atoms with Crippen LogP contribution >= 0.6 is 11.3 Å². The molecule has 1 aliphatic heterocycles. The minimum Gasteiger partial charge on any atom is -0.382 e. The molecule has 1 saturated carbocycles. The second kappa shape index (κ2) is 9.60. The Hall–Kier alpha value is -1.27. The van der Waals surface area contributed by atoms with Crippen LogP contribution in [0.4, 0.5) is 5.00 Å². The Bertz CT molecular complexity index is 546. The van der Waals surface area contributed by atoms with Crippen LogP contribution in [0.2, 0.25) is 0 Å². The summed E-state index contributed by atoms with van der Waals surface area (Å²) in [5, 5.41) is 7.24. The summed E-state index contributed by atoms with van der Waals surface area (Å²) in [5.74, 6) is 1.07. The molecule has 2 fully saturated rings. The largest absolute Gasteiger partial charge is 0.382 e. The van der Waals surface area contributed by atoms with E-state index in [0.717, 1.165) is 58.3 Å². The number of nitrogens with one attached hydrogen (secondary N) is 1. The summed E-state index contributed by atoms with van der Waals surface area (Å²) < 4.78 is 5.64. The number of hydrogen-bond acceptors (Lipinski definition) is 4. The third-order valence-electron chi connectivity index (χ3n) is 5.88. The molecule has 1 aromatic rings. The molecule has 0 aromatic carbocycles. The number of guanidine groups is 1. The summed E-state index contributed by atoms with van der Waals surface area (Å²) >= 11 is 1.83. The highest BCUT2D eigenvalue weighted by molar-refractivity contribution is 7.14. The quantitative estimate of drug-likeness (QED) is 0.448. The van der Waals surface area contributed by atoms with Crippen LogP contribution in [0.1, 0.15) is 39.0 Å². The van der Waals surface area contributed by atoms with Crippen molar-refractivity contribution in [3.8, 4) is 0 Å². The van der Waals surface area contributed by atoms with Crippen LogP contribution in [0.25, 0.3) is 0 Å². The number of rotatable bonds is 7. The van der Waals surface area contributed by atoms with E-state index in [0.29, 0.717) is 5.41 Å². The summed E-state index contributed by atoms with van der Waals surface area (Å²) in [4.78, 5) is 9.47. The maximum atomic E-state index is 5.64. The number of anilines is 1. The van der Waals surface area contributed by atoms with E-state index in [1.54, 1.807) is 0 Å². The lowest BCUT2D eigenvalue weighted by atomic mass is 9.83. The van der Waals surface area contributed by atoms with Crippen molar-refractivity contribution in [2.45, 2.75) is 39.0 Å². The van der Waals surface area contributed by atoms with Crippen LogP contribution in [0.3, 0.4) is 0 Å². The molecule has 146 valence electrons. The number of nitrogens with zero attached hydrogens (tertiary/aromatic N) is 3. The van der Waals surface area contributed by atoms with E-state index in [2.05, 4.69) is 44.5 Å². The molecule has 1 aliphatic carbocycles. The zero-order chi connectivity index (χ0) is 18.2. The van der Waals surface area contributed by atoms with Crippen molar-refractivity contribution >= 4 is 22.3 Å².